The summed E-state index contributed by atoms with van der Waals surface area (Å²) >= 11 is 1.10. The van der Waals surface area contributed by atoms with Crippen molar-refractivity contribution in [2.45, 2.75) is 38.8 Å². The van der Waals surface area contributed by atoms with E-state index in [-0.39, 0.29) is 47.6 Å². The summed E-state index contributed by atoms with van der Waals surface area (Å²) in [5, 5.41) is 15.6. The third kappa shape index (κ3) is 5.79. The number of amides is 2. The van der Waals surface area contributed by atoms with Gasteiger partial charge in [0, 0.05) is 24.4 Å². The summed E-state index contributed by atoms with van der Waals surface area (Å²) in [5.74, 6) is -3.15. The molecule has 1 aromatic carbocycles. The molecule has 0 radical (unpaired) electrons. The van der Waals surface area contributed by atoms with E-state index in [9.17, 15) is 24.3 Å². The molecule has 2 aliphatic heterocycles. The van der Waals surface area contributed by atoms with Gasteiger partial charge in [-0.15, -0.1) is 0 Å². The Hall–Kier alpha value is -2.07. The van der Waals surface area contributed by atoms with E-state index in [4.69, 9.17) is 4.74 Å². The van der Waals surface area contributed by atoms with Gasteiger partial charge in [0.05, 0.1) is 30.0 Å². The maximum absolute atomic E-state index is 12.6. The molecular weight excluding hydrogens is 431 g/mol. The van der Waals surface area contributed by atoms with Crippen LogP contribution in [0.25, 0.3) is 0 Å². The number of hydrogen-bond donors (Lipinski definition) is 1. The zero-order chi connectivity index (χ0) is 21.8. The van der Waals surface area contributed by atoms with Gasteiger partial charge in [-0.1, -0.05) is 42.1 Å². The van der Waals surface area contributed by atoms with Crippen LogP contribution in [0.3, 0.4) is 0 Å². The molecule has 8 nitrogen and oxygen atoms in total. The number of carboxylic acids is 1. The molecule has 10 heteroatoms. The molecule has 0 bridgehead atoms. The van der Waals surface area contributed by atoms with E-state index in [1.54, 1.807) is 6.92 Å². The number of fused-ring (bicyclic) bond motifs is 1. The number of nitrogens with one attached hydrogen (secondary N) is 1. The van der Waals surface area contributed by atoms with Crippen molar-refractivity contribution in [2.75, 3.05) is 0 Å². The van der Waals surface area contributed by atoms with Crippen molar-refractivity contribution in [1.29, 1.82) is 0 Å². The van der Waals surface area contributed by atoms with Crippen molar-refractivity contribution in [1.82, 2.24) is 10.2 Å². The molecule has 0 saturated carbocycles. The van der Waals surface area contributed by atoms with Crippen molar-refractivity contribution in [3.63, 3.8) is 0 Å². The molecule has 158 valence electrons. The Morgan fingerprint density at radius 1 is 1.32 bits per heavy atom. The molecule has 1 fully saturated rings. The Morgan fingerprint density at radius 2 is 2.00 bits per heavy atom. The summed E-state index contributed by atoms with van der Waals surface area (Å²) in [4.78, 5) is 49.0. The van der Waals surface area contributed by atoms with Crippen molar-refractivity contribution in [3.8, 4) is 0 Å². The van der Waals surface area contributed by atoms with Crippen molar-refractivity contribution in [3.05, 3.63) is 58.1 Å². The largest absolute Gasteiger partial charge is 1.00 e. The average molecular weight is 452 g/mol. The fraction of sp³-hybridized carbons (Fsp3) is 0.333. The number of rotatable bonds is 8. The first-order valence-electron chi connectivity index (χ1n) is 9.39. The van der Waals surface area contributed by atoms with Gasteiger partial charge in [0.2, 0.25) is 11.8 Å². The van der Waals surface area contributed by atoms with Gasteiger partial charge in [-0.05, 0) is 17.9 Å². The van der Waals surface area contributed by atoms with E-state index in [0.29, 0.717) is 11.3 Å². The van der Waals surface area contributed by atoms with Crippen LogP contribution in [0.2, 0.25) is 0 Å². The molecule has 31 heavy (non-hydrogen) atoms. The Morgan fingerprint density at radius 3 is 2.61 bits per heavy atom. The average Bonchev–Trinajstić information content (AvgIpc) is 3.00. The van der Waals surface area contributed by atoms with Crippen LogP contribution in [0.1, 0.15) is 25.8 Å². The number of esters is 1. The molecule has 1 saturated heterocycles. The van der Waals surface area contributed by atoms with E-state index >= 15 is 0 Å². The Labute approximate surface area is 206 Å². The van der Waals surface area contributed by atoms with Crippen molar-refractivity contribution in [2.24, 2.45) is 5.92 Å². The Balaban J connectivity index is 0.00000341. The zero-order valence-electron chi connectivity index (χ0n) is 17.5. The smallest absolute Gasteiger partial charge is 0.543 e. The quantitative estimate of drug-likeness (QED) is 0.268. The van der Waals surface area contributed by atoms with Crippen LogP contribution in [-0.2, 0) is 30.3 Å². The third-order valence-electron chi connectivity index (χ3n) is 4.94. The van der Waals surface area contributed by atoms with Gasteiger partial charge in [-0.3, -0.25) is 14.4 Å². The minimum absolute atomic E-state index is 0. The molecule has 2 heterocycles. The number of thioether (sulfide) groups is 1. The topological polar surface area (TPSA) is 116 Å². The maximum Gasteiger partial charge on any atom is 1.00 e. The predicted octanol–water partition coefficient (Wildman–Crippen LogP) is -2.30. The normalized spacial score (nSPS) is 20.6. The SMILES string of the molecule is CC(=O)N/C=C/SC1=C(C(=O)[O-])N2C(=O)[C@H]([C@H](C)OC(=O)Cc3ccccc3)[C@H]2C1.[Na+]. The number of carboxylic acid groups (broad SMARTS) is 1. The predicted molar refractivity (Wildman–Crippen MR) is 107 cm³/mol. The number of hydrogen-bond acceptors (Lipinski definition) is 7. The molecule has 0 aliphatic carbocycles. The molecule has 0 spiro atoms. The molecule has 1 aromatic rings. The monoisotopic (exact) mass is 452 g/mol. The van der Waals surface area contributed by atoms with Crippen LogP contribution in [0.15, 0.2) is 52.5 Å². The Bertz CT molecular complexity index is 933. The second kappa shape index (κ2) is 11.0. The summed E-state index contributed by atoms with van der Waals surface area (Å²) in [5.41, 5.74) is 0.643. The van der Waals surface area contributed by atoms with Gasteiger partial charge in [-0.2, -0.15) is 0 Å². The van der Waals surface area contributed by atoms with E-state index in [0.717, 1.165) is 17.3 Å². The van der Waals surface area contributed by atoms with Crippen LogP contribution < -0.4 is 40.0 Å². The van der Waals surface area contributed by atoms with Crippen LogP contribution in [0.5, 0.6) is 0 Å². The standard InChI is InChI=1S/C21H22N2O6S.Na/c1-12(29-17(25)10-14-6-4-3-5-7-14)18-15-11-16(30-9-8-22-13(2)24)19(21(27)28)23(15)20(18)26;/h3-9,12,15,18H,10-11H2,1-2H3,(H,22,24)(H,27,28);/q;+1/p-1/b9-8+;/t12-,15+,18+;/m0./s1. The number of ether oxygens (including phenoxy) is 1. The first kappa shape index (κ1) is 25.2. The first-order valence-corrected chi connectivity index (χ1v) is 10.3. The van der Waals surface area contributed by atoms with Crippen LogP contribution in [0.4, 0.5) is 0 Å². The van der Waals surface area contributed by atoms with Crippen LogP contribution in [0, 0.1) is 5.92 Å². The molecule has 3 rings (SSSR count). The van der Waals surface area contributed by atoms with Crippen LogP contribution in [-0.4, -0.2) is 40.8 Å². The number of carbonyl (C=O) groups is 4. The van der Waals surface area contributed by atoms with E-state index in [1.807, 2.05) is 30.3 Å². The number of β-lactam (4-membered cyclic amide) rings is 1. The third-order valence-corrected chi connectivity index (χ3v) is 5.86. The minimum atomic E-state index is -1.44. The number of nitrogens with zero attached hydrogens (tertiary/aromatic N) is 1. The van der Waals surface area contributed by atoms with Gasteiger partial charge in [0.15, 0.2) is 0 Å². The molecular formula is C21H21N2NaO6S. The molecule has 0 aromatic heterocycles. The van der Waals surface area contributed by atoms with E-state index < -0.39 is 35.9 Å². The first-order chi connectivity index (χ1) is 14.3. The molecule has 1 N–H and O–H groups in total. The van der Waals surface area contributed by atoms with Crippen LogP contribution >= 0.6 is 11.8 Å². The minimum Gasteiger partial charge on any atom is -0.543 e. The summed E-state index contributed by atoms with van der Waals surface area (Å²) in [7, 11) is 0. The summed E-state index contributed by atoms with van der Waals surface area (Å²) in [6.45, 7) is 3.00. The van der Waals surface area contributed by atoms with E-state index in [2.05, 4.69) is 5.32 Å². The number of aliphatic carboxylic acids is 1. The number of carbonyl (C=O) groups excluding carboxylic acids is 4. The van der Waals surface area contributed by atoms with Gasteiger partial charge in [0.1, 0.15) is 6.10 Å². The van der Waals surface area contributed by atoms with Gasteiger partial charge < -0.3 is 24.9 Å². The van der Waals surface area contributed by atoms with Crippen molar-refractivity contribution >= 4 is 35.5 Å². The zero-order valence-corrected chi connectivity index (χ0v) is 20.3. The molecule has 2 aliphatic rings. The second-order valence-corrected chi connectivity index (χ2v) is 8.04. The Kier molecular flexibility index (Phi) is 8.93. The van der Waals surface area contributed by atoms with Gasteiger partial charge >= 0.3 is 35.5 Å². The summed E-state index contributed by atoms with van der Waals surface area (Å²) in [6.07, 6.45) is 1.13. The molecule has 3 atom stereocenters. The molecule has 2 amide bonds. The fourth-order valence-electron chi connectivity index (χ4n) is 3.66. The summed E-state index contributed by atoms with van der Waals surface area (Å²) in [6, 6.07) is 8.72. The second-order valence-electron chi connectivity index (χ2n) is 7.04. The molecule has 0 unspecified atom stereocenters. The van der Waals surface area contributed by atoms with Gasteiger partial charge in [-0.25, -0.2) is 0 Å². The van der Waals surface area contributed by atoms with Gasteiger partial charge in [0.25, 0.3) is 0 Å². The maximum atomic E-state index is 12.6. The number of benzene rings is 1. The van der Waals surface area contributed by atoms with E-state index in [1.165, 1.54) is 23.4 Å². The fourth-order valence-corrected chi connectivity index (χ4v) is 4.53. The summed E-state index contributed by atoms with van der Waals surface area (Å²) < 4.78 is 5.46. The van der Waals surface area contributed by atoms with Crippen molar-refractivity contribution < 1.29 is 58.6 Å².